The third-order valence-corrected chi connectivity index (χ3v) is 3.77. The van der Waals surface area contributed by atoms with Crippen molar-refractivity contribution in [2.24, 2.45) is 0 Å². The van der Waals surface area contributed by atoms with Gasteiger partial charge in [0.2, 0.25) is 0 Å². The smallest absolute Gasteiger partial charge is 0.163 e. The Bertz CT molecular complexity index is 884. The molecule has 2 rings (SSSR count). The van der Waals surface area contributed by atoms with Crippen molar-refractivity contribution >= 4 is 35.3 Å². The normalized spacial score (nSPS) is 11.2. The van der Waals surface area contributed by atoms with E-state index in [0.717, 1.165) is 0 Å². The first kappa shape index (κ1) is 19.3. The van der Waals surface area contributed by atoms with E-state index >= 15 is 0 Å². The van der Waals surface area contributed by atoms with E-state index in [-0.39, 0.29) is 29.5 Å². The number of ketones is 2. The molecule has 0 unspecified atom stereocenters. The average molecular weight is 373 g/mol. The van der Waals surface area contributed by atoms with Crippen LogP contribution < -0.4 is 4.74 Å². The van der Waals surface area contributed by atoms with Crippen molar-refractivity contribution < 1.29 is 24.5 Å². The summed E-state index contributed by atoms with van der Waals surface area (Å²) in [5.41, 5.74) is 1.17. The minimum Gasteiger partial charge on any atom is -0.508 e. The van der Waals surface area contributed by atoms with Crippen molar-refractivity contribution in [2.75, 3.05) is 7.11 Å². The van der Waals surface area contributed by atoms with E-state index in [1.165, 1.54) is 49.6 Å². The molecule has 0 saturated heterocycles. The molecular weight excluding hydrogens is 356 g/mol. The van der Waals surface area contributed by atoms with Crippen LogP contribution in [0.5, 0.6) is 17.2 Å². The second-order valence-electron chi connectivity index (χ2n) is 5.41. The third kappa shape index (κ3) is 5.50. The molecule has 0 aliphatic heterocycles. The number of halogens is 1. The summed E-state index contributed by atoms with van der Waals surface area (Å²) in [6.45, 7) is 0. The maximum absolute atomic E-state index is 11.9. The van der Waals surface area contributed by atoms with Crippen LogP contribution in [0.4, 0.5) is 0 Å². The van der Waals surface area contributed by atoms with Gasteiger partial charge in [-0.15, -0.1) is 0 Å². The zero-order valence-corrected chi connectivity index (χ0v) is 14.7. The number of aromatic hydroxyl groups is 2. The first-order valence-corrected chi connectivity index (χ1v) is 8.04. The van der Waals surface area contributed by atoms with Crippen LogP contribution in [0.25, 0.3) is 12.2 Å². The third-order valence-electron chi connectivity index (χ3n) is 3.45. The van der Waals surface area contributed by atoms with Gasteiger partial charge in [-0.1, -0.05) is 23.7 Å². The molecule has 2 N–H and O–H groups in total. The fourth-order valence-corrected chi connectivity index (χ4v) is 2.36. The second-order valence-corrected chi connectivity index (χ2v) is 5.82. The Hall–Kier alpha value is -3.05. The summed E-state index contributed by atoms with van der Waals surface area (Å²) in [6.07, 6.45) is 5.26. The Labute approximate surface area is 155 Å². The van der Waals surface area contributed by atoms with E-state index < -0.39 is 0 Å². The summed E-state index contributed by atoms with van der Waals surface area (Å²) < 4.78 is 4.94. The highest BCUT2D eigenvalue weighted by Gasteiger charge is 2.05. The quantitative estimate of drug-likeness (QED) is 0.566. The SMILES string of the molecule is COc1ccc(/C=C/C(=O)CC(=O)/C=C/c2ccc(O)cc2Cl)cc1O. The number of phenols is 2. The number of hydrogen-bond donors (Lipinski definition) is 2. The Morgan fingerprint density at radius 2 is 1.73 bits per heavy atom. The molecule has 0 bridgehead atoms. The monoisotopic (exact) mass is 372 g/mol. The van der Waals surface area contributed by atoms with E-state index in [1.54, 1.807) is 18.2 Å². The summed E-state index contributed by atoms with van der Waals surface area (Å²) >= 11 is 5.94. The number of ether oxygens (including phenoxy) is 1. The zero-order chi connectivity index (χ0) is 19.1. The van der Waals surface area contributed by atoms with Crippen LogP contribution in [-0.4, -0.2) is 28.9 Å². The van der Waals surface area contributed by atoms with Gasteiger partial charge in [0.05, 0.1) is 18.6 Å². The number of benzene rings is 2. The van der Waals surface area contributed by atoms with Gasteiger partial charge in [0.25, 0.3) is 0 Å². The minimum atomic E-state index is -0.374. The molecule has 6 heteroatoms. The molecule has 0 saturated carbocycles. The molecule has 0 radical (unpaired) electrons. The summed E-state index contributed by atoms with van der Waals surface area (Å²) in [6, 6.07) is 9.10. The van der Waals surface area contributed by atoms with Crippen molar-refractivity contribution in [3.63, 3.8) is 0 Å². The predicted molar refractivity (Wildman–Crippen MR) is 100 cm³/mol. The predicted octanol–water partition coefficient (Wildman–Crippen LogP) is 4.01. The number of hydrogen-bond acceptors (Lipinski definition) is 5. The van der Waals surface area contributed by atoms with Crippen LogP contribution >= 0.6 is 11.6 Å². The molecule has 134 valence electrons. The van der Waals surface area contributed by atoms with Gasteiger partial charge in [-0.3, -0.25) is 9.59 Å². The van der Waals surface area contributed by atoms with Gasteiger partial charge in [0.1, 0.15) is 5.75 Å². The molecule has 26 heavy (non-hydrogen) atoms. The molecule has 5 nitrogen and oxygen atoms in total. The number of phenolic OH excluding ortho intramolecular Hbond substituents is 2. The molecule has 0 aliphatic carbocycles. The number of carbonyl (C=O) groups excluding carboxylic acids is 2. The van der Waals surface area contributed by atoms with Gasteiger partial charge in [0.15, 0.2) is 23.1 Å². The van der Waals surface area contributed by atoms with E-state index in [0.29, 0.717) is 21.9 Å². The van der Waals surface area contributed by atoms with Gasteiger partial charge >= 0.3 is 0 Å². The number of methoxy groups -OCH3 is 1. The lowest BCUT2D eigenvalue weighted by Gasteiger charge is -2.03. The molecule has 2 aromatic rings. The lowest BCUT2D eigenvalue weighted by atomic mass is 10.1. The van der Waals surface area contributed by atoms with E-state index in [2.05, 4.69) is 0 Å². The van der Waals surface area contributed by atoms with Crippen molar-refractivity contribution in [3.05, 3.63) is 64.7 Å². The lowest BCUT2D eigenvalue weighted by Crippen LogP contribution is -2.01. The molecule has 0 atom stereocenters. The van der Waals surface area contributed by atoms with Gasteiger partial charge in [-0.05, 0) is 59.7 Å². The summed E-state index contributed by atoms with van der Waals surface area (Å²) in [4.78, 5) is 23.7. The highest BCUT2D eigenvalue weighted by molar-refractivity contribution is 6.32. The van der Waals surface area contributed by atoms with Crippen LogP contribution in [0.2, 0.25) is 5.02 Å². The molecule has 0 amide bonds. The molecule has 0 heterocycles. The van der Waals surface area contributed by atoms with Crippen LogP contribution in [0.1, 0.15) is 17.5 Å². The lowest BCUT2D eigenvalue weighted by molar-refractivity contribution is -0.121. The first-order chi connectivity index (χ1) is 12.4. The summed E-state index contributed by atoms with van der Waals surface area (Å²) in [5.74, 6) is -0.412. The summed E-state index contributed by atoms with van der Waals surface area (Å²) in [7, 11) is 1.44. The second kappa shape index (κ2) is 8.87. The molecule has 0 spiro atoms. The van der Waals surface area contributed by atoms with Gasteiger partial charge in [-0.2, -0.15) is 0 Å². The van der Waals surface area contributed by atoms with Crippen LogP contribution in [0, 0.1) is 0 Å². The maximum atomic E-state index is 11.9. The standard InChI is InChI=1S/C20H17ClO5/c1-26-20-9-3-13(10-19(20)25)2-6-15(22)11-16(23)7-4-14-5-8-17(24)12-18(14)21/h2-10,12,24-25H,11H2,1H3/b6-2+,7-4+. The number of rotatable bonds is 7. The molecule has 0 fully saturated rings. The Balaban J connectivity index is 1.95. The van der Waals surface area contributed by atoms with Gasteiger partial charge < -0.3 is 14.9 Å². The van der Waals surface area contributed by atoms with Crippen molar-refractivity contribution in [1.82, 2.24) is 0 Å². The van der Waals surface area contributed by atoms with Gasteiger partial charge in [0, 0.05) is 0 Å². The topological polar surface area (TPSA) is 83.8 Å². The fraction of sp³-hybridized carbons (Fsp3) is 0.100. The molecule has 2 aromatic carbocycles. The first-order valence-electron chi connectivity index (χ1n) is 7.66. The number of carbonyl (C=O) groups is 2. The Kier molecular flexibility index (Phi) is 6.58. The van der Waals surface area contributed by atoms with Crippen LogP contribution in [0.3, 0.4) is 0 Å². The van der Waals surface area contributed by atoms with Crippen molar-refractivity contribution in [2.45, 2.75) is 6.42 Å². The average Bonchev–Trinajstić information content (AvgIpc) is 2.59. The van der Waals surface area contributed by atoms with E-state index in [1.807, 2.05) is 0 Å². The van der Waals surface area contributed by atoms with E-state index in [9.17, 15) is 19.8 Å². The molecular formula is C20H17ClO5. The molecule has 0 aromatic heterocycles. The van der Waals surface area contributed by atoms with E-state index in [4.69, 9.17) is 16.3 Å². The molecule has 0 aliphatic rings. The van der Waals surface area contributed by atoms with Crippen molar-refractivity contribution in [3.8, 4) is 17.2 Å². The highest BCUT2D eigenvalue weighted by atomic mass is 35.5. The Morgan fingerprint density at radius 3 is 2.35 bits per heavy atom. The maximum Gasteiger partial charge on any atom is 0.163 e. The minimum absolute atomic E-state index is 0.0309. The van der Waals surface area contributed by atoms with Crippen LogP contribution in [0.15, 0.2) is 48.6 Å². The van der Waals surface area contributed by atoms with Gasteiger partial charge in [-0.25, -0.2) is 0 Å². The van der Waals surface area contributed by atoms with Crippen LogP contribution in [-0.2, 0) is 9.59 Å². The largest absolute Gasteiger partial charge is 0.508 e. The fourth-order valence-electron chi connectivity index (χ4n) is 2.12. The number of allylic oxidation sites excluding steroid dienone is 2. The zero-order valence-electron chi connectivity index (χ0n) is 14.0. The summed E-state index contributed by atoms with van der Waals surface area (Å²) in [5, 5.41) is 19.3. The van der Waals surface area contributed by atoms with Crippen molar-refractivity contribution in [1.29, 1.82) is 0 Å². The highest BCUT2D eigenvalue weighted by Crippen LogP contribution is 2.26. The Morgan fingerprint density at radius 1 is 1.04 bits per heavy atom.